The molecule has 1 aliphatic heterocycles. The molecular formula is C34H35N5O2. The predicted octanol–water partition coefficient (Wildman–Crippen LogP) is 6.62. The summed E-state index contributed by atoms with van der Waals surface area (Å²) in [5, 5.41) is 19.8. The van der Waals surface area contributed by atoms with Crippen molar-refractivity contribution in [3.63, 3.8) is 0 Å². The van der Waals surface area contributed by atoms with Crippen LogP contribution in [-0.2, 0) is 6.42 Å². The van der Waals surface area contributed by atoms with Crippen LogP contribution in [0.3, 0.4) is 0 Å². The van der Waals surface area contributed by atoms with Gasteiger partial charge in [0.1, 0.15) is 5.75 Å². The summed E-state index contributed by atoms with van der Waals surface area (Å²) in [5.74, 6) is 1.88. The van der Waals surface area contributed by atoms with Gasteiger partial charge in [-0.1, -0.05) is 60.7 Å². The van der Waals surface area contributed by atoms with E-state index in [0.29, 0.717) is 24.3 Å². The first-order valence-corrected chi connectivity index (χ1v) is 14.3. The monoisotopic (exact) mass is 545 g/mol. The number of anilines is 1. The van der Waals surface area contributed by atoms with Gasteiger partial charge in [-0.05, 0) is 79.4 Å². The van der Waals surface area contributed by atoms with Crippen molar-refractivity contribution in [1.82, 2.24) is 20.3 Å². The summed E-state index contributed by atoms with van der Waals surface area (Å²) < 4.78 is 6.60. The van der Waals surface area contributed by atoms with E-state index in [1.165, 1.54) is 5.56 Å². The van der Waals surface area contributed by atoms with Crippen molar-refractivity contribution < 1.29 is 9.84 Å². The van der Waals surface area contributed by atoms with Crippen LogP contribution in [0.4, 0.5) is 5.95 Å². The molecule has 1 saturated heterocycles. The number of rotatable bonds is 9. The number of ether oxygens (including phenoxy) is 1. The number of hydrogen-bond acceptors (Lipinski definition) is 7. The number of aliphatic hydroxyl groups excluding tert-OH is 1. The molecule has 5 aromatic rings. The van der Waals surface area contributed by atoms with E-state index in [9.17, 15) is 5.11 Å². The topological polar surface area (TPSA) is 92.2 Å². The molecule has 1 aliphatic rings. The van der Waals surface area contributed by atoms with Crippen molar-refractivity contribution in [2.75, 3.05) is 18.4 Å². The predicted molar refractivity (Wildman–Crippen MR) is 163 cm³/mol. The lowest BCUT2D eigenvalue weighted by Crippen LogP contribution is -2.38. The van der Waals surface area contributed by atoms with Gasteiger partial charge in [0.15, 0.2) is 0 Å². The summed E-state index contributed by atoms with van der Waals surface area (Å²) in [6.45, 7) is 4.01. The molecular weight excluding hydrogens is 510 g/mol. The summed E-state index contributed by atoms with van der Waals surface area (Å²) in [4.78, 5) is 13.9. The van der Waals surface area contributed by atoms with Gasteiger partial charge in [0.25, 0.3) is 0 Å². The Labute approximate surface area is 240 Å². The molecule has 3 aromatic carbocycles. The summed E-state index contributed by atoms with van der Waals surface area (Å²) in [5.41, 5.74) is 4.69. The third kappa shape index (κ3) is 6.21. The smallest absolute Gasteiger partial charge is 0.228 e. The van der Waals surface area contributed by atoms with Crippen LogP contribution < -0.4 is 15.4 Å². The Morgan fingerprint density at radius 3 is 2.71 bits per heavy atom. The standard InChI is InChI=1S/C34H35N5O2/c1-23-14-16-27-24(15-17-31(40)25-8-3-2-4-9-25)10-5-12-28(27)32(23)41-33-29(13-7-20-36-33)30-18-21-37-34(39-30)38-26-11-6-19-35-22-26/h2-5,7-10,12-14,16,18,20-21,26,31,35,40H,6,11,15,17,19,22H2,1H3,(H,37,38,39)/t26-,31+/m0/s1. The molecule has 0 bridgehead atoms. The first-order valence-electron chi connectivity index (χ1n) is 14.3. The van der Waals surface area contributed by atoms with E-state index in [-0.39, 0.29) is 0 Å². The van der Waals surface area contributed by atoms with E-state index < -0.39 is 6.10 Å². The van der Waals surface area contributed by atoms with Gasteiger partial charge in [-0.15, -0.1) is 0 Å². The maximum Gasteiger partial charge on any atom is 0.228 e. The van der Waals surface area contributed by atoms with Crippen LogP contribution in [0.15, 0.2) is 91.3 Å². The van der Waals surface area contributed by atoms with Gasteiger partial charge in [0.05, 0.1) is 17.4 Å². The highest BCUT2D eigenvalue weighted by molar-refractivity contribution is 5.92. The second-order valence-electron chi connectivity index (χ2n) is 10.6. The van der Waals surface area contributed by atoms with Crippen LogP contribution in [0.1, 0.15) is 42.1 Å². The molecule has 0 amide bonds. The molecule has 7 heteroatoms. The Kier molecular flexibility index (Phi) is 8.16. The lowest BCUT2D eigenvalue weighted by Gasteiger charge is -2.23. The number of fused-ring (bicyclic) bond motifs is 1. The highest BCUT2D eigenvalue weighted by Crippen LogP contribution is 2.38. The lowest BCUT2D eigenvalue weighted by atomic mass is 9.96. The largest absolute Gasteiger partial charge is 0.437 e. The zero-order valence-corrected chi connectivity index (χ0v) is 23.3. The van der Waals surface area contributed by atoms with Gasteiger partial charge in [0.2, 0.25) is 11.8 Å². The summed E-state index contributed by atoms with van der Waals surface area (Å²) in [7, 11) is 0. The zero-order valence-electron chi connectivity index (χ0n) is 23.3. The first kappa shape index (κ1) is 26.9. The minimum absolute atomic E-state index is 0.310. The maximum absolute atomic E-state index is 10.7. The molecule has 0 saturated carbocycles. The first-order chi connectivity index (χ1) is 20.2. The highest BCUT2D eigenvalue weighted by Gasteiger charge is 2.18. The molecule has 0 radical (unpaired) electrons. The SMILES string of the molecule is Cc1ccc2c(CC[C@@H](O)c3ccccc3)cccc2c1Oc1ncccc1-c1ccnc(N[C@H]2CCCNC2)n1. The number of hydrogen-bond donors (Lipinski definition) is 3. The van der Waals surface area contributed by atoms with E-state index >= 15 is 0 Å². The van der Waals surface area contributed by atoms with Crippen LogP contribution >= 0.6 is 0 Å². The number of aliphatic hydroxyl groups is 1. The number of nitrogens with one attached hydrogen (secondary N) is 2. The van der Waals surface area contributed by atoms with E-state index in [2.05, 4.69) is 50.9 Å². The van der Waals surface area contributed by atoms with Crippen molar-refractivity contribution in [1.29, 1.82) is 0 Å². The molecule has 3 N–H and O–H groups in total. The molecule has 208 valence electrons. The van der Waals surface area contributed by atoms with Crippen molar-refractivity contribution in [3.05, 3.63) is 108 Å². The fourth-order valence-electron chi connectivity index (χ4n) is 5.49. The van der Waals surface area contributed by atoms with E-state index in [4.69, 9.17) is 9.72 Å². The Balaban J connectivity index is 1.27. The number of pyridine rings is 1. The molecule has 0 spiro atoms. The van der Waals surface area contributed by atoms with E-state index in [0.717, 1.165) is 71.3 Å². The quantitative estimate of drug-likeness (QED) is 0.192. The Morgan fingerprint density at radius 1 is 0.951 bits per heavy atom. The Morgan fingerprint density at radius 2 is 1.85 bits per heavy atom. The second kappa shape index (κ2) is 12.5. The molecule has 0 unspecified atom stereocenters. The highest BCUT2D eigenvalue weighted by atomic mass is 16.5. The number of piperidine rings is 1. The molecule has 41 heavy (non-hydrogen) atoms. The van der Waals surface area contributed by atoms with E-state index in [1.807, 2.05) is 55.5 Å². The van der Waals surface area contributed by atoms with Crippen molar-refractivity contribution in [2.45, 2.75) is 44.8 Å². The van der Waals surface area contributed by atoms with Crippen molar-refractivity contribution in [3.8, 4) is 22.9 Å². The Hall–Kier alpha value is -4.33. The van der Waals surface area contributed by atoms with Crippen molar-refractivity contribution >= 4 is 16.7 Å². The van der Waals surface area contributed by atoms with Gasteiger partial charge in [-0.25, -0.2) is 15.0 Å². The second-order valence-corrected chi connectivity index (χ2v) is 10.6. The summed E-state index contributed by atoms with van der Waals surface area (Å²) in [6, 6.07) is 26.4. The molecule has 1 fully saturated rings. The van der Waals surface area contributed by atoms with Crippen LogP contribution in [0.2, 0.25) is 0 Å². The molecule has 2 atom stereocenters. The van der Waals surface area contributed by atoms with Gasteiger partial charge in [-0.2, -0.15) is 0 Å². The Bertz CT molecular complexity index is 1620. The maximum atomic E-state index is 10.7. The molecule has 2 aromatic heterocycles. The zero-order chi connectivity index (χ0) is 28.0. The van der Waals surface area contributed by atoms with Gasteiger partial charge >= 0.3 is 0 Å². The normalized spacial score (nSPS) is 15.9. The number of benzene rings is 3. The van der Waals surface area contributed by atoms with Gasteiger partial charge < -0.3 is 20.5 Å². The number of nitrogens with zero attached hydrogens (tertiary/aromatic N) is 3. The third-order valence-electron chi connectivity index (χ3n) is 7.70. The van der Waals surface area contributed by atoms with Crippen LogP contribution in [0.25, 0.3) is 22.0 Å². The average molecular weight is 546 g/mol. The van der Waals surface area contributed by atoms with Crippen molar-refractivity contribution in [2.24, 2.45) is 0 Å². The molecule has 6 rings (SSSR count). The van der Waals surface area contributed by atoms with Gasteiger partial charge in [0, 0.05) is 30.4 Å². The van der Waals surface area contributed by atoms with Crippen LogP contribution in [0.5, 0.6) is 11.6 Å². The minimum atomic E-state index is -0.509. The molecule has 0 aliphatic carbocycles. The average Bonchev–Trinajstić information content (AvgIpc) is 3.02. The van der Waals surface area contributed by atoms with Gasteiger partial charge in [-0.3, -0.25) is 0 Å². The fourth-order valence-corrected chi connectivity index (χ4v) is 5.49. The van der Waals surface area contributed by atoms with Crippen LogP contribution in [-0.4, -0.2) is 39.2 Å². The third-order valence-corrected chi connectivity index (χ3v) is 7.70. The number of aryl methyl sites for hydroxylation is 2. The number of aromatic nitrogens is 3. The summed E-state index contributed by atoms with van der Waals surface area (Å²) in [6.07, 6.45) is 6.62. The van der Waals surface area contributed by atoms with E-state index in [1.54, 1.807) is 12.4 Å². The lowest BCUT2D eigenvalue weighted by molar-refractivity contribution is 0.168. The molecule has 3 heterocycles. The fraction of sp³-hybridized carbons (Fsp3) is 0.265. The summed E-state index contributed by atoms with van der Waals surface area (Å²) >= 11 is 0. The molecule has 7 nitrogen and oxygen atoms in total. The minimum Gasteiger partial charge on any atom is -0.437 e. The van der Waals surface area contributed by atoms with Crippen LogP contribution in [0, 0.1) is 6.92 Å².